The van der Waals surface area contributed by atoms with Gasteiger partial charge in [0.15, 0.2) is 5.75 Å². The van der Waals surface area contributed by atoms with Crippen molar-refractivity contribution >= 4 is 5.97 Å². The fraction of sp³-hybridized carbons (Fsp3) is 0.368. The fourth-order valence-corrected chi connectivity index (χ4v) is 3.86. The minimum atomic E-state index is -1.34. The molecule has 132 valence electrons. The number of methoxy groups -OCH3 is 1. The number of nitrogens with zero attached hydrogens (tertiary/aromatic N) is 1. The monoisotopic (exact) mass is 343 g/mol. The molecule has 3 rings (SSSR count). The third-order valence-electron chi connectivity index (χ3n) is 5.01. The molecular weight excluding hydrogens is 322 g/mol. The van der Waals surface area contributed by atoms with Gasteiger partial charge in [-0.3, -0.25) is 4.79 Å². The van der Waals surface area contributed by atoms with E-state index >= 15 is 0 Å². The van der Waals surface area contributed by atoms with Crippen LogP contribution < -0.4 is 10.2 Å². The van der Waals surface area contributed by atoms with Gasteiger partial charge in [-0.1, -0.05) is 31.0 Å². The smallest absolute Gasteiger partial charge is 0.341 e. The summed E-state index contributed by atoms with van der Waals surface area (Å²) in [7, 11) is 1.63. The highest BCUT2D eigenvalue weighted by molar-refractivity contribution is 5.87. The summed E-state index contributed by atoms with van der Waals surface area (Å²) < 4.78 is 7.13. The molecule has 1 heterocycles. The van der Waals surface area contributed by atoms with Crippen molar-refractivity contribution in [3.05, 3.63) is 58.0 Å². The lowest BCUT2D eigenvalue weighted by molar-refractivity contribution is 0.0693. The molecule has 0 bridgehead atoms. The van der Waals surface area contributed by atoms with Gasteiger partial charge in [-0.05, 0) is 18.9 Å². The van der Waals surface area contributed by atoms with E-state index in [-0.39, 0.29) is 5.41 Å². The molecule has 1 aromatic carbocycles. The lowest BCUT2D eigenvalue weighted by atomic mass is 9.78. The van der Waals surface area contributed by atoms with Gasteiger partial charge in [-0.15, -0.1) is 0 Å². The average Bonchev–Trinajstić information content (AvgIpc) is 3.07. The van der Waals surface area contributed by atoms with Crippen LogP contribution in [0.2, 0.25) is 0 Å². The van der Waals surface area contributed by atoms with Crippen LogP contribution in [-0.4, -0.2) is 27.9 Å². The van der Waals surface area contributed by atoms with Gasteiger partial charge in [0.2, 0.25) is 5.43 Å². The first-order valence-electron chi connectivity index (χ1n) is 8.27. The number of benzene rings is 1. The second-order valence-corrected chi connectivity index (χ2v) is 6.55. The minimum absolute atomic E-state index is 0.218. The Kier molecular flexibility index (Phi) is 4.53. The molecule has 6 nitrogen and oxygen atoms in total. The molecule has 6 heteroatoms. The summed E-state index contributed by atoms with van der Waals surface area (Å²) in [4.78, 5) is 23.1. The van der Waals surface area contributed by atoms with Gasteiger partial charge in [0.25, 0.3) is 0 Å². The topological polar surface area (TPSA) is 88.8 Å². The van der Waals surface area contributed by atoms with Crippen molar-refractivity contribution in [2.75, 3.05) is 7.11 Å². The molecule has 0 amide bonds. The van der Waals surface area contributed by atoms with Crippen LogP contribution in [0.3, 0.4) is 0 Å². The van der Waals surface area contributed by atoms with Crippen LogP contribution in [0.4, 0.5) is 0 Å². The molecular formula is C19H21NO5. The second kappa shape index (κ2) is 6.63. The van der Waals surface area contributed by atoms with E-state index in [1.807, 2.05) is 24.3 Å². The molecule has 25 heavy (non-hydrogen) atoms. The number of hydrogen-bond acceptors (Lipinski definition) is 4. The quantitative estimate of drug-likeness (QED) is 0.871. The highest BCUT2D eigenvalue weighted by atomic mass is 16.5. The summed E-state index contributed by atoms with van der Waals surface area (Å²) in [5.41, 5.74) is -0.427. The zero-order valence-electron chi connectivity index (χ0n) is 14.1. The number of para-hydroxylation sites is 1. The number of aromatic carboxylic acids is 1. The Labute approximate surface area is 145 Å². The number of ether oxygens (including phenoxy) is 1. The number of carbonyl (C=O) groups is 1. The van der Waals surface area contributed by atoms with Crippen molar-refractivity contribution in [2.45, 2.75) is 37.6 Å². The molecule has 0 unspecified atom stereocenters. The summed E-state index contributed by atoms with van der Waals surface area (Å²) >= 11 is 0. The van der Waals surface area contributed by atoms with Crippen molar-refractivity contribution in [1.82, 2.24) is 4.57 Å². The Hall–Kier alpha value is -2.76. The van der Waals surface area contributed by atoms with Crippen molar-refractivity contribution in [3.63, 3.8) is 0 Å². The average molecular weight is 343 g/mol. The molecule has 0 atom stereocenters. The van der Waals surface area contributed by atoms with Gasteiger partial charge in [0.1, 0.15) is 11.3 Å². The standard InChI is InChI=1S/C19H21NO5/c1-25-16-7-3-2-6-14(16)19(8-4-5-9-19)12-20-10-13(18(23)24)17(22)15(21)11-20/h2-3,6-7,10-11,21H,4-5,8-9,12H2,1H3,(H,23,24). The molecule has 0 aliphatic heterocycles. The van der Waals surface area contributed by atoms with Crippen molar-refractivity contribution in [2.24, 2.45) is 0 Å². The Bertz CT molecular complexity index is 849. The molecule has 1 aliphatic carbocycles. The van der Waals surface area contributed by atoms with Crippen molar-refractivity contribution < 1.29 is 19.7 Å². The van der Waals surface area contributed by atoms with E-state index in [4.69, 9.17) is 4.74 Å². The highest BCUT2D eigenvalue weighted by Crippen LogP contribution is 2.45. The van der Waals surface area contributed by atoms with Crippen LogP contribution in [-0.2, 0) is 12.0 Å². The summed E-state index contributed by atoms with van der Waals surface area (Å²) in [5, 5.41) is 19.0. The number of aromatic nitrogens is 1. The maximum absolute atomic E-state index is 11.8. The van der Waals surface area contributed by atoms with Crippen LogP contribution in [0.15, 0.2) is 41.5 Å². The van der Waals surface area contributed by atoms with E-state index in [0.717, 1.165) is 37.0 Å². The Morgan fingerprint density at radius 2 is 1.92 bits per heavy atom. The third-order valence-corrected chi connectivity index (χ3v) is 5.01. The van der Waals surface area contributed by atoms with E-state index in [9.17, 15) is 19.8 Å². The number of pyridine rings is 1. The lowest BCUT2D eigenvalue weighted by Crippen LogP contribution is -2.30. The van der Waals surface area contributed by atoms with Crippen LogP contribution in [0.5, 0.6) is 11.5 Å². The fourth-order valence-electron chi connectivity index (χ4n) is 3.86. The first kappa shape index (κ1) is 17.1. The zero-order chi connectivity index (χ0) is 18.0. The molecule has 1 saturated carbocycles. The molecule has 1 aliphatic rings. The maximum Gasteiger partial charge on any atom is 0.341 e. The van der Waals surface area contributed by atoms with E-state index in [1.165, 1.54) is 12.4 Å². The summed E-state index contributed by atoms with van der Waals surface area (Å²) in [6.07, 6.45) is 6.61. The van der Waals surface area contributed by atoms with Crippen LogP contribution >= 0.6 is 0 Å². The molecule has 2 aromatic rings. The van der Waals surface area contributed by atoms with Crippen LogP contribution in [0.25, 0.3) is 0 Å². The first-order chi connectivity index (χ1) is 12.0. The Balaban J connectivity index is 2.07. The van der Waals surface area contributed by atoms with Crippen molar-refractivity contribution in [1.29, 1.82) is 0 Å². The van der Waals surface area contributed by atoms with Crippen molar-refractivity contribution in [3.8, 4) is 11.5 Å². The van der Waals surface area contributed by atoms with E-state index in [2.05, 4.69) is 0 Å². The number of rotatable bonds is 5. The largest absolute Gasteiger partial charge is 0.503 e. The van der Waals surface area contributed by atoms with Gasteiger partial charge >= 0.3 is 5.97 Å². The van der Waals surface area contributed by atoms with Gasteiger partial charge in [0, 0.05) is 29.9 Å². The number of aromatic hydroxyl groups is 1. The molecule has 0 saturated heterocycles. The molecule has 0 radical (unpaired) electrons. The number of carboxylic acid groups (broad SMARTS) is 1. The number of carboxylic acids is 1. The Morgan fingerprint density at radius 3 is 2.56 bits per heavy atom. The van der Waals surface area contributed by atoms with Gasteiger partial charge < -0.3 is 19.5 Å². The summed E-state index contributed by atoms with van der Waals surface area (Å²) in [6.45, 7) is 0.474. The molecule has 0 spiro atoms. The molecule has 1 fully saturated rings. The normalized spacial score (nSPS) is 15.9. The van der Waals surface area contributed by atoms with Gasteiger partial charge in [-0.2, -0.15) is 0 Å². The Morgan fingerprint density at radius 1 is 1.24 bits per heavy atom. The van der Waals surface area contributed by atoms with Gasteiger partial charge in [-0.25, -0.2) is 4.79 Å². The minimum Gasteiger partial charge on any atom is -0.503 e. The zero-order valence-corrected chi connectivity index (χ0v) is 14.1. The second-order valence-electron chi connectivity index (χ2n) is 6.55. The van der Waals surface area contributed by atoms with E-state index in [0.29, 0.717) is 6.54 Å². The first-order valence-corrected chi connectivity index (χ1v) is 8.27. The van der Waals surface area contributed by atoms with E-state index < -0.39 is 22.7 Å². The van der Waals surface area contributed by atoms with Gasteiger partial charge in [0.05, 0.1) is 7.11 Å². The summed E-state index contributed by atoms with van der Waals surface area (Å²) in [6, 6.07) is 7.83. The third kappa shape index (κ3) is 3.12. The molecule has 2 N–H and O–H groups in total. The lowest BCUT2D eigenvalue weighted by Gasteiger charge is -2.32. The highest BCUT2D eigenvalue weighted by Gasteiger charge is 2.38. The maximum atomic E-state index is 11.8. The summed E-state index contributed by atoms with van der Waals surface area (Å²) in [5.74, 6) is -1.09. The molecule has 1 aromatic heterocycles. The predicted molar refractivity (Wildman–Crippen MR) is 92.5 cm³/mol. The predicted octanol–water partition coefficient (Wildman–Crippen LogP) is 2.77. The van der Waals surface area contributed by atoms with E-state index in [1.54, 1.807) is 11.7 Å². The number of hydrogen-bond donors (Lipinski definition) is 2. The van der Waals surface area contributed by atoms with Crippen LogP contribution in [0.1, 0.15) is 41.6 Å². The SMILES string of the molecule is COc1ccccc1C1(Cn2cc(O)c(=O)c(C(=O)O)c2)CCCC1. The van der Waals surface area contributed by atoms with Crippen LogP contribution in [0, 0.1) is 0 Å².